The van der Waals surface area contributed by atoms with Crippen LogP contribution in [0.15, 0.2) is 24.3 Å². The molecule has 3 nitrogen and oxygen atoms in total. The van der Waals surface area contributed by atoms with Gasteiger partial charge in [-0.25, -0.2) is 4.39 Å². The Balaban J connectivity index is 1.82. The molecule has 0 amide bonds. The maximum absolute atomic E-state index is 12.9. The number of halogens is 1. The molecular weight excluding hydrogens is 229 g/mol. The van der Waals surface area contributed by atoms with E-state index in [9.17, 15) is 4.39 Å². The number of benzene rings is 1. The Morgan fingerprint density at radius 1 is 1.33 bits per heavy atom. The molecule has 2 heterocycles. The average molecular weight is 249 g/mol. The highest BCUT2D eigenvalue weighted by Crippen LogP contribution is 2.37. The van der Waals surface area contributed by atoms with Crippen LogP contribution in [-0.4, -0.2) is 36.1 Å². The molecule has 2 saturated heterocycles. The summed E-state index contributed by atoms with van der Waals surface area (Å²) in [5, 5.41) is 3.57. The van der Waals surface area contributed by atoms with Gasteiger partial charge in [-0.3, -0.25) is 4.90 Å². The third-order valence-electron chi connectivity index (χ3n) is 4.45. The Labute approximate surface area is 107 Å². The van der Waals surface area contributed by atoms with Gasteiger partial charge in [-0.1, -0.05) is 0 Å². The van der Waals surface area contributed by atoms with Gasteiger partial charge in [0.25, 0.3) is 0 Å². The van der Waals surface area contributed by atoms with E-state index in [0.29, 0.717) is 12.6 Å². The fourth-order valence-electron chi connectivity index (χ4n) is 3.48. The van der Waals surface area contributed by atoms with Gasteiger partial charge in [0.2, 0.25) is 0 Å². The van der Waals surface area contributed by atoms with Crippen molar-refractivity contribution in [2.45, 2.75) is 30.8 Å². The van der Waals surface area contributed by atoms with Gasteiger partial charge in [-0.2, -0.15) is 0 Å². The second kappa shape index (κ2) is 4.52. The maximum atomic E-state index is 12.9. The minimum Gasteiger partial charge on any atom is -0.377 e. The van der Waals surface area contributed by atoms with Gasteiger partial charge in [0.05, 0.1) is 5.54 Å². The summed E-state index contributed by atoms with van der Waals surface area (Å²) in [7, 11) is 0. The molecular formula is C14H20FN3. The lowest BCUT2D eigenvalue weighted by molar-refractivity contribution is 0.280. The van der Waals surface area contributed by atoms with Crippen molar-refractivity contribution >= 4 is 5.69 Å². The Bertz CT molecular complexity index is 420. The lowest BCUT2D eigenvalue weighted by atomic mass is 9.88. The number of hydrogen-bond acceptors (Lipinski definition) is 3. The zero-order valence-electron chi connectivity index (χ0n) is 10.5. The normalized spacial score (nSPS) is 31.6. The summed E-state index contributed by atoms with van der Waals surface area (Å²) < 4.78 is 12.9. The van der Waals surface area contributed by atoms with Crippen LogP contribution in [0.4, 0.5) is 10.1 Å². The molecule has 2 aliphatic heterocycles. The average Bonchev–Trinajstić information content (AvgIpc) is 2.96. The largest absolute Gasteiger partial charge is 0.377 e. The molecule has 0 bridgehead atoms. The predicted octanol–water partition coefficient (Wildman–Crippen LogP) is 1.80. The molecule has 0 aliphatic carbocycles. The standard InChI is InChI=1S/C14H20FN3/c15-11-3-5-12(6-4-11)17-14(10-16)7-9-18-8-1-2-13(14)18/h3-6,13,17H,1-2,7-10,16H2. The lowest BCUT2D eigenvalue weighted by Crippen LogP contribution is -2.53. The van der Waals surface area contributed by atoms with Crippen molar-refractivity contribution in [3.63, 3.8) is 0 Å². The van der Waals surface area contributed by atoms with Crippen LogP contribution in [-0.2, 0) is 0 Å². The van der Waals surface area contributed by atoms with Crippen LogP contribution in [0, 0.1) is 5.82 Å². The first-order valence-corrected chi connectivity index (χ1v) is 6.71. The van der Waals surface area contributed by atoms with Crippen LogP contribution in [0.25, 0.3) is 0 Å². The van der Waals surface area contributed by atoms with E-state index >= 15 is 0 Å². The van der Waals surface area contributed by atoms with E-state index in [1.54, 1.807) is 12.1 Å². The molecule has 4 heteroatoms. The maximum Gasteiger partial charge on any atom is 0.123 e. The predicted molar refractivity (Wildman–Crippen MR) is 71.0 cm³/mol. The molecule has 2 atom stereocenters. The zero-order valence-corrected chi connectivity index (χ0v) is 10.5. The minimum absolute atomic E-state index is 0.0334. The summed E-state index contributed by atoms with van der Waals surface area (Å²) in [6.45, 7) is 2.94. The van der Waals surface area contributed by atoms with Crippen molar-refractivity contribution in [2.24, 2.45) is 5.73 Å². The molecule has 3 N–H and O–H groups in total. The van der Waals surface area contributed by atoms with Gasteiger partial charge in [0, 0.05) is 24.8 Å². The Morgan fingerprint density at radius 3 is 2.83 bits per heavy atom. The lowest BCUT2D eigenvalue weighted by Gasteiger charge is -2.36. The summed E-state index contributed by atoms with van der Waals surface area (Å²) in [6.07, 6.45) is 3.55. The number of nitrogens with zero attached hydrogens (tertiary/aromatic N) is 1. The highest BCUT2D eigenvalue weighted by atomic mass is 19.1. The first-order chi connectivity index (χ1) is 8.73. The van der Waals surface area contributed by atoms with E-state index in [2.05, 4.69) is 10.2 Å². The summed E-state index contributed by atoms with van der Waals surface area (Å²) in [4.78, 5) is 2.53. The number of fused-ring (bicyclic) bond motifs is 1. The fourth-order valence-corrected chi connectivity index (χ4v) is 3.48. The fraction of sp³-hybridized carbons (Fsp3) is 0.571. The van der Waals surface area contributed by atoms with Crippen molar-refractivity contribution in [3.05, 3.63) is 30.1 Å². The minimum atomic E-state index is -0.198. The second-order valence-corrected chi connectivity index (χ2v) is 5.44. The Morgan fingerprint density at radius 2 is 2.11 bits per heavy atom. The van der Waals surface area contributed by atoms with E-state index in [0.717, 1.165) is 18.7 Å². The van der Waals surface area contributed by atoms with Crippen molar-refractivity contribution in [1.29, 1.82) is 0 Å². The van der Waals surface area contributed by atoms with Gasteiger partial charge in [0.15, 0.2) is 0 Å². The molecule has 3 rings (SSSR count). The summed E-state index contributed by atoms with van der Waals surface area (Å²) >= 11 is 0. The number of nitrogens with two attached hydrogens (primary N) is 1. The van der Waals surface area contributed by atoms with Crippen molar-refractivity contribution < 1.29 is 4.39 Å². The molecule has 0 saturated carbocycles. The Kier molecular flexibility index (Phi) is 2.99. The molecule has 0 aromatic heterocycles. The van der Waals surface area contributed by atoms with Gasteiger partial charge < -0.3 is 11.1 Å². The van der Waals surface area contributed by atoms with E-state index < -0.39 is 0 Å². The highest BCUT2D eigenvalue weighted by molar-refractivity contribution is 5.47. The third-order valence-corrected chi connectivity index (χ3v) is 4.45. The number of anilines is 1. The van der Waals surface area contributed by atoms with Crippen LogP contribution in [0.1, 0.15) is 19.3 Å². The quantitative estimate of drug-likeness (QED) is 0.858. The highest BCUT2D eigenvalue weighted by Gasteiger charge is 2.48. The van der Waals surface area contributed by atoms with Gasteiger partial charge in [-0.05, 0) is 50.1 Å². The molecule has 0 spiro atoms. The first-order valence-electron chi connectivity index (χ1n) is 6.71. The number of hydrogen-bond donors (Lipinski definition) is 2. The van der Waals surface area contributed by atoms with Crippen LogP contribution in [0.5, 0.6) is 0 Å². The number of rotatable bonds is 3. The Hall–Kier alpha value is -1.13. The summed E-state index contributed by atoms with van der Waals surface area (Å²) in [6, 6.07) is 7.11. The summed E-state index contributed by atoms with van der Waals surface area (Å²) in [5.74, 6) is -0.198. The topological polar surface area (TPSA) is 41.3 Å². The molecule has 2 unspecified atom stereocenters. The SMILES string of the molecule is NCC1(Nc2ccc(F)cc2)CCN2CCCC21. The molecule has 1 aromatic carbocycles. The second-order valence-electron chi connectivity index (χ2n) is 5.44. The van der Waals surface area contributed by atoms with E-state index in [4.69, 9.17) is 5.73 Å². The third kappa shape index (κ3) is 1.89. The molecule has 18 heavy (non-hydrogen) atoms. The van der Waals surface area contributed by atoms with Crippen LogP contribution < -0.4 is 11.1 Å². The van der Waals surface area contributed by atoms with Crippen molar-refractivity contribution in [2.75, 3.05) is 25.0 Å². The molecule has 2 aliphatic rings. The van der Waals surface area contributed by atoms with Gasteiger partial charge in [0.1, 0.15) is 5.82 Å². The smallest absolute Gasteiger partial charge is 0.123 e. The molecule has 98 valence electrons. The molecule has 0 radical (unpaired) electrons. The van der Waals surface area contributed by atoms with Gasteiger partial charge in [-0.15, -0.1) is 0 Å². The summed E-state index contributed by atoms with van der Waals surface area (Å²) in [5.41, 5.74) is 6.97. The monoisotopic (exact) mass is 249 g/mol. The van der Waals surface area contributed by atoms with Gasteiger partial charge >= 0.3 is 0 Å². The molecule has 1 aromatic rings. The van der Waals surface area contributed by atoms with Crippen LogP contribution >= 0.6 is 0 Å². The van der Waals surface area contributed by atoms with Crippen LogP contribution in [0.3, 0.4) is 0 Å². The zero-order chi connectivity index (χ0) is 12.6. The van der Waals surface area contributed by atoms with E-state index in [1.165, 1.54) is 31.5 Å². The molecule has 2 fully saturated rings. The van der Waals surface area contributed by atoms with Crippen molar-refractivity contribution in [3.8, 4) is 0 Å². The van der Waals surface area contributed by atoms with E-state index in [-0.39, 0.29) is 11.4 Å². The first kappa shape index (κ1) is 11.9. The number of nitrogens with one attached hydrogen (secondary N) is 1. The van der Waals surface area contributed by atoms with E-state index in [1.807, 2.05) is 0 Å². The van der Waals surface area contributed by atoms with Crippen molar-refractivity contribution in [1.82, 2.24) is 4.90 Å². The van der Waals surface area contributed by atoms with Crippen LogP contribution in [0.2, 0.25) is 0 Å².